The van der Waals surface area contributed by atoms with E-state index >= 15 is 0 Å². The molecule has 0 spiro atoms. The number of benzene rings is 2. The molecule has 3 aromatic rings. The van der Waals surface area contributed by atoms with Crippen LogP contribution in [0.1, 0.15) is 26.3 Å². The maximum absolute atomic E-state index is 15.0. The van der Waals surface area contributed by atoms with E-state index in [4.69, 9.17) is 16.3 Å². The van der Waals surface area contributed by atoms with Gasteiger partial charge in [-0.3, -0.25) is 9.88 Å². The van der Waals surface area contributed by atoms with Crippen LogP contribution >= 0.6 is 11.6 Å². The van der Waals surface area contributed by atoms with E-state index in [0.717, 1.165) is 35.1 Å². The molecule has 0 N–H and O–H groups in total. The lowest BCUT2D eigenvalue weighted by Crippen LogP contribution is -2.49. The van der Waals surface area contributed by atoms with Gasteiger partial charge < -0.3 is 9.64 Å². The standard InChI is InChI=1S/C25H27ClFN3O2/c1-25(2,3)32-24(31)30-12-10-29(11-13-30)16-17-4-6-19(22(27)14-17)18-5-7-23-20(15-18)21(26)8-9-28-23/h4-9,14-15H,10-13,16H2,1-3H3. The average Bonchev–Trinajstić information content (AvgIpc) is 2.73. The normalized spacial score (nSPS) is 15.2. The van der Waals surface area contributed by atoms with Crippen molar-refractivity contribution in [3.05, 3.63) is 65.1 Å². The van der Waals surface area contributed by atoms with Crippen LogP contribution < -0.4 is 0 Å². The highest BCUT2D eigenvalue weighted by atomic mass is 35.5. The van der Waals surface area contributed by atoms with E-state index < -0.39 is 5.60 Å². The van der Waals surface area contributed by atoms with Crippen LogP contribution in [-0.2, 0) is 11.3 Å². The van der Waals surface area contributed by atoms with Crippen molar-refractivity contribution in [2.75, 3.05) is 26.2 Å². The summed E-state index contributed by atoms with van der Waals surface area (Å²) in [5.74, 6) is -0.269. The van der Waals surface area contributed by atoms with Gasteiger partial charge in [0.25, 0.3) is 0 Å². The molecule has 0 aliphatic carbocycles. The van der Waals surface area contributed by atoms with Gasteiger partial charge >= 0.3 is 6.09 Å². The summed E-state index contributed by atoms with van der Waals surface area (Å²) in [6.45, 7) is 8.86. The Labute approximate surface area is 192 Å². The smallest absolute Gasteiger partial charge is 0.410 e. The number of fused-ring (bicyclic) bond motifs is 1. The monoisotopic (exact) mass is 455 g/mol. The summed E-state index contributed by atoms with van der Waals surface area (Å²) in [5.41, 5.74) is 2.48. The molecular weight excluding hydrogens is 429 g/mol. The Hall–Kier alpha value is -2.70. The molecule has 1 saturated heterocycles. The largest absolute Gasteiger partial charge is 0.444 e. The third-order valence-electron chi connectivity index (χ3n) is 5.46. The molecule has 0 saturated carbocycles. The van der Waals surface area contributed by atoms with Crippen LogP contribution in [0, 0.1) is 5.82 Å². The van der Waals surface area contributed by atoms with E-state index in [1.807, 2.05) is 51.1 Å². The third-order valence-corrected chi connectivity index (χ3v) is 5.79. The zero-order valence-corrected chi connectivity index (χ0v) is 19.3. The minimum atomic E-state index is -0.500. The van der Waals surface area contributed by atoms with Crippen LogP contribution in [0.15, 0.2) is 48.7 Å². The van der Waals surface area contributed by atoms with Crippen molar-refractivity contribution in [2.24, 2.45) is 0 Å². The first-order valence-electron chi connectivity index (χ1n) is 10.7. The number of rotatable bonds is 3. The first-order chi connectivity index (χ1) is 15.2. The number of pyridine rings is 1. The Morgan fingerprint density at radius 1 is 1.09 bits per heavy atom. The van der Waals surface area contributed by atoms with Crippen molar-refractivity contribution in [1.82, 2.24) is 14.8 Å². The minimum absolute atomic E-state index is 0.269. The average molecular weight is 456 g/mol. The summed E-state index contributed by atoms with van der Waals surface area (Å²) < 4.78 is 20.4. The zero-order chi connectivity index (χ0) is 22.9. The molecule has 5 nitrogen and oxygen atoms in total. The molecule has 32 heavy (non-hydrogen) atoms. The number of carbonyl (C=O) groups excluding carboxylic acids is 1. The number of hydrogen-bond acceptors (Lipinski definition) is 4. The fourth-order valence-electron chi connectivity index (χ4n) is 3.84. The van der Waals surface area contributed by atoms with Gasteiger partial charge in [0.1, 0.15) is 11.4 Å². The van der Waals surface area contributed by atoms with E-state index in [-0.39, 0.29) is 11.9 Å². The maximum atomic E-state index is 15.0. The van der Waals surface area contributed by atoms with E-state index in [1.54, 1.807) is 23.2 Å². The lowest BCUT2D eigenvalue weighted by atomic mass is 10.0. The van der Waals surface area contributed by atoms with Crippen molar-refractivity contribution >= 4 is 28.6 Å². The Balaban J connectivity index is 1.41. The van der Waals surface area contributed by atoms with Crippen molar-refractivity contribution < 1.29 is 13.9 Å². The summed E-state index contributed by atoms with van der Waals surface area (Å²) in [7, 11) is 0. The molecule has 1 fully saturated rings. The van der Waals surface area contributed by atoms with Crippen molar-refractivity contribution in [2.45, 2.75) is 32.9 Å². The maximum Gasteiger partial charge on any atom is 0.410 e. The molecule has 7 heteroatoms. The van der Waals surface area contributed by atoms with Crippen molar-refractivity contribution in [1.29, 1.82) is 0 Å². The summed E-state index contributed by atoms with van der Waals surface area (Å²) in [6, 6.07) is 12.7. The summed E-state index contributed by atoms with van der Waals surface area (Å²) in [6.07, 6.45) is 1.38. The van der Waals surface area contributed by atoms with Crippen LogP contribution in [0.2, 0.25) is 5.02 Å². The SMILES string of the molecule is CC(C)(C)OC(=O)N1CCN(Cc2ccc(-c3ccc4nccc(Cl)c4c3)c(F)c2)CC1. The van der Waals surface area contributed by atoms with E-state index in [9.17, 15) is 9.18 Å². The van der Waals surface area contributed by atoms with Gasteiger partial charge in [-0.1, -0.05) is 29.8 Å². The fourth-order valence-corrected chi connectivity index (χ4v) is 4.05. The number of ether oxygens (including phenoxy) is 1. The molecule has 2 heterocycles. The van der Waals surface area contributed by atoms with Crippen LogP contribution in [-0.4, -0.2) is 52.7 Å². The van der Waals surface area contributed by atoms with Gasteiger partial charge in [-0.05, 0) is 56.2 Å². The molecular formula is C25H27ClFN3O2. The van der Waals surface area contributed by atoms with Gasteiger partial charge in [-0.2, -0.15) is 0 Å². The minimum Gasteiger partial charge on any atom is -0.444 e. The second-order valence-corrected chi connectivity index (χ2v) is 9.49. The molecule has 1 aliphatic heterocycles. The quantitative estimate of drug-likeness (QED) is 0.504. The van der Waals surface area contributed by atoms with Crippen molar-refractivity contribution in [3.8, 4) is 11.1 Å². The predicted molar refractivity (Wildman–Crippen MR) is 125 cm³/mol. The Kier molecular flexibility index (Phi) is 6.35. The fraction of sp³-hybridized carbons (Fsp3) is 0.360. The number of aromatic nitrogens is 1. The molecule has 0 atom stereocenters. The third kappa shape index (κ3) is 5.19. The lowest BCUT2D eigenvalue weighted by molar-refractivity contribution is 0.0139. The number of piperazine rings is 1. The number of amides is 1. The summed E-state index contributed by atoms with van der Waals surface area (Å²) >= 11 is 6.28. The number of halogens is 2. The van der Waals surface area contributed by atoms with Crippen LogP contribution in [0.25, 0.3) is 22.0 Å². The van der Waals surface area contributed by atoms with Crippen LogP contribution in [0.4, 0.5) is 9.18 Å². The molecule has 1 amide bonds. The predicted octanol–water partition coefficient (Wildman–Crippen LogP) is 5.75. The highest BCUT2D eigenvalue weighted by molar-refractivity contribution is 6.35. The highest BCUT2D eigenvalue weighted by Gasteiger charge is 2.26. The molecule has 168 valence electrons. The van der Waals surface area contributed by atoms with Gasteiger partial charge in [0.2, 0.25) is 0 Å². The zero-order valence-electron chi connectivity index (χ0n) is 18.6. The summed E-state index contributed by atoms with van der Waals surface area (Å²) in [5, 5.41) is 1.40. The van der Waals surface area contributed by atoms with E-state index in [0.29, 0.717) is 30.2 Å². The molecule has 0 bridgehead atoms. The first-order valence-corrected chi connectivity index (χ1v) is 11.1. The second-order valence-electron chi connectivity index (χ2n) is 9.08. The Bertz CT molecular complexity index is 1140. The summed E-state index contributed by atoms with van der Waals surface area (Å²) in [4.78, 5) is 20.5. The van der Waals surface area contributed by atoms with Gasteiger partial charge in [0, 0.05) is 49.9 Å². The number of hydrogen-bond donors (Lipinski definition) is 0. The van der Waals surface area contributed by atoms with E-state index in [2.05, 4.69) is 9.88 Å². The number of carbonyl (C=O) groups is 1. The number of nitrogens with zero attached hydrogens (tertiary/aromatic N) is 3. The molecule has 0 radical (unpaired) electrons. The Morgan fingerprint density at radius 3 is 2.53 bits per heavy atom. The lowest BCUT2D eigenvalue weighted by Gasteiger charge is -2.35. The van der Waals surface area contributed by atoms with Gasteiger partial charge in [0.15, 0.2) is 0 Å². The van der Waals surface area contributed by atoms with Gasteiger partial charge in [-0.25, -0.2) is 9.18 Å². The molecule has 2 aromatic carbocycles. The van der Waals surface area contributed by atoms with Gasteiger partial charge in [0.05, 0.1) is 10.5 Å². The van der Waals surface area contributed by atoms with E-state index in [1.165, 1.54) is 0 Å². The molecule has 1 aliphatic rings. The van der Waals surface area contributed by atoms with Crippen molar-refractivity contribution in [3.63, 3.8) is 0 Å². The molecule has 1 aromatic heterocycles. The highest BCUT2D eigenvalue weighted by Crippen LogP contribution is 2.30. The Morgan fingerprint density at radius 2 is 1.84 bits per heavy atom. The first kappa shape index (κ1) is 22.5. The van der Waals surface area contributed by atoms with Crippen LogP contribution in [0.5, 0.6) is 0 Å². The molecule has 0 unspecified atom stereocenters. The second kappa shape index (κ2) is 9.04. The topological polar surface area (TPSA) is 45.7 Å². The molecule has 4 rings (SSSR count). The van der Waals surface area contributed by atoms with Gasteiger partial charge in [-0.15, -0.1) is 0 Å². The van der Waals surface area contributed by atoms with Crippen LogP contribution in [0.3, 0.4) is 0 Å².